The van der Waals surface area contributed by atoms with Crippen molar-refractivity contribution in [3.8, 4) is 0 Å². The number of nitrogens with one attached hydrogen (secondary N) is 2. The van der Waals surface area contributed by atoms with E-state index in [-0.39, 0.29) is 11.8 Å². The first-order valence-corrected chi connectivity index (χ1v) is 5.76. The molecule has 4 nitrogen and oxygen atoms in total. The van der Waals surface area contributed by atoms with Gasteiger partial charge >= 0.3 is 0 Å². The fourth-order valence-corrected chi connectivity index (χ4v) is 1.87. The van der Waals surface area contributed by atoms with Gasteiger partial charge in [-0.3, -0.25) is 4.79 Å². The number of amides is 1. The van der Waals surface area contributed by atoms with E-state index in [0.717, 1.165) is 25.9 Å². The first kappa shape index (κ1) is 11.4. The Morgan fingerprint density at radius 2 is 2.44 bits per heavy atom. The van der Waals surface area contributed by atoms with Crippen molar-refractivity contribution in [2.75, 3.05) is 18.4 Å². The van der Waals surface area contributed by atoms with Crippen molar-refractivity contribution in [3.05, 3.63) is 23.4 Å². The van der Waals surface area contributed by atoms with E-state index in [2.05, 4.69) is 15.6 Å². The normalized spacial score (nSPS) is 20.4. The molecule has 0 aromatic carbocycles. The first-order valence-electron chi connectivity index (χ1n) is 5.39. The molecule has 1 aromatic heterocycles. The van der Waals surface area contributed by atoms with Crippen molar-refractivity contribution >= 4 is 23.3 Å². The highest BCUT2D eigenvalue weighted by molar-refractivity contribution is 6.30. The van der Waals surface area contributed by atoms with E-state index in [0.29, 0.717) is 10.8 Å². The number of carbonyl (C=O) groups excluding carboxylic acids is 1. The van der Waals surface area contributed by atoms with E-state index in [1.807, 2.05) is 0 Å². The van der Waals surface area contributed by atoms with Gasteiger partial charge in [0, 0.05) is 12.7 Å². The van der Waals surface area contributed by atoms with Crippen LogP contribution >= 0.6 is 11.6 Å². The number of rotatable bonds is 2. The zero-order valence-electron chi connectivity index (χ0n) is 8.87. The lowest BCUT2D eigenvalue weighted by molar-refractivity contribution is -0.120. The van der Waals surface area contributed by atoms with Gasteiger partial charge in [-0.1, -0.05) is 11.6 Å². The van der Waals surface area contributed by atoms with Crippen LogP contribution in [0.2, 0.25) is 5.02 Å². The minimum absolute atomic E-state index is 0.0297. The van der Waals surface area contributed by atoms with Gasteiger partial charge in [0.25, 0.3) is 0 Å². The minimum atomic E-state index is 0.0297. The number of hydrogen-bond donors (Lipinski definition) is 2. The summed E-state index contributed by atoms with van der Waals surface area (Å²) in [6.07, 6.45) is 3.51. The lowest BCUT2D eigenvalue weighted by Gasteiger charge is -2.21. The lowest BCUT2D eigenvalue weighted by atomic mass is 9.99. The molecule has 86 valence electrons. The molecule has 1 aromatic rings. The van der Waals surface area contributed by atoms with E-state index < -0.39 is 0 Å². The van der Waals surface area contributed by atoms with E-state index in [1.54, 1.807) is 12.1 Å². The van der Waals surface area contributed by atoms with E-state index >= 15 is 0 Å². The molecule has 0 unspecified atom stereocenters. The van der Waals surface area contributed by atoms with Gasteiger partial charge in [-0.15, -0.1) is 0 Å². The predicted molar refractivity (Wildman–Crippen MR) is 63.5 cm³/mol. The Hall–Kier alpha value is -1.13. The van der Waals surface area contributed by atoms with Crippen molar-refractivity contribution in [2.45, 2.75) is 12.8 Å². The van der Waals surface area contributed by atoms with Crippen molar-refractivity contribution < 1.29 is 4.79 Å². The van der Waals surface area contributed by atoms with Gasteiger partial charge in [0.2, 0.25) is 5.91 Å². The maximum Gasteiger partial charge on any atom is 0.229 e. The second-order valence-electron chi connectivity index (χ2n) is 3.89. The van der Waals surface area contributed by atoms with Crippen molar-refractivity contribution in [3.63, 3.8) is 0 Å². The van der Waals surface area contributed by atoms with Crippen LogP contribution in [0.15, 0.2) is 18.3 Å². The Morgan fingerprint density at radius 1 is 1.56 bits per heavy atom. The Morgan fingerprint density at radius 3 is 3.06 bits per heavy atom. The Balaban J connectivity index is 1.93. The number of halogens is 1. The number of carbonyl (C=O) groups is 1. The van der Waals surface area contributed by atoms with Crippen molar-refractivity contribution in [1.82, 2.24) is 10.3 Å². The zero-order chi connectivity index (χ0) is 11.4. The number of nitrogens with zero attached hydrogens (tertiary/aromatic N) is 1. The fourth-order valence-electron chi connectivity index (χ4n) is 1.75. The molecule has 1 aliphatic rings. The molecule has 1 saturated heterocycles. The van der Waals surface area contributed by atoms with Gasteiger partial charge in [-0.05, 0) is 31.5 Å². The summed E-state index contributed by atoms with van der Waals surface area (Å²) in [6, 6.07) is 3.42. The van der Waals surface area contributed by atoms with Crippen LogP contribution in [-0.2, 0) is 4.79 Å². The van der Waals surface area contributed by atoms with Crippen molar-refractivity contribution in [1.29, 1.82) is 0 Å². The van der Waals surface area contributed by atoms with Gasteiger partial charge in [0.1, 0.15) is 5.82 Å². The molecular formula is C11H14ClN3O. The molecule has 16 heavy (non-hydrogen) atoms. The van der Waals surface area contributed by atoms with Gasteiger partial charge in [-0.25, -0.2) is 4.98 Å². The van der Waals surface area contributed by atoms with Gasteiger partial charge in [-0.2, -0.15) is 0 Å². The van der Waals surface area contributed by atoms with Crippen LogP contribution in [0.4, 0.5) is 5.82 Å². The largest absolute Gasteiger partial charge is 0.316 e. The molecule has 1 amide bonds. The van der Waals surface area contributed by atoms with E-state index in [4.69, 9.17) is 11.6 Å². The summed E-state index contributed by atoms with van der Waals surface area (Å²) in [6.45, 7) is 1.75. The standard InChI is InChI=1S/C11H14ClN3O/c12-9-3-4-10(14-7-9)15-11(16)8-2-1-5-13-6-8/h3-4,7-8,13H,1-2,5-6H2,(H,14,15,16)/t8-/m0/s1. The number of pyridine rings is 1. The molecule has 0 aliphatic carbocycles. The third-order valence-electron chi connectivity index (χ3n) is 2.65. The molecule has 2 N–H and O–H groups in total. The lowest BCUT2D eigenvalue weighted by Crippen LogP contribution is -2.37. The Labute approximate surface area is 99.4 Å². The number of aromatic nitrogens is 1. The molecule has 1 aliphatic heterocycles. The third-order valence-corrected chi connectivity index (χ3v) is 2.87. The van der Waals surface area contributed by atoms with E-state index in [9.17, 15) is 4.79 Å². The molecule has 0 radical (unpaired) electrons. The number of hydrogen-bond acceptors (Lipinski definition) is 3. The fraction of sp³-hybridized carbons (Fsp3) is 0.455. The zero-order valence-corrected chi connectivity index (χ0v) is 9.63. The van der Waals surface area contributed by atoms with Crippen LogP contribution in [0.25, 0.3) is 0 Å². The Bertz CT molecular complexity index is 360. The van der Waals surface area contributed by atoms with Gasteiger partial charge in [0.05, 0.1) is 10.9 Å². The summed E-state index contributed by atoms with van der Waals surface area (Å²) in [5.74, 6) is 0.633. The average molecular weight is 240 g/mol. The maximum atomic E-state index is 11.8. The maximum absolute atomic E-state index is 11.8. The smallest absolute Gasteiger partial charge is 0.229 e. The molecule has 5 heteroatoms. The second kappa shape index (κ2) is 5.27. The summed E-state index contributed by atoms with van der Waals surface area (Å²) >= 11 is 5.71. The summed E-state index contributed by atoms with van der Waals surface area (Å²) in [4.78, 5) is 15.9. The molecule has 2 heterocycles. The second-order valence-corrected chi connectivity index (χ2v) is 4.33. The molecule has 0 spiro atoms. The Kier molecular flexibility index (Phi) is 3.74. The van der Waals surface area contributed by atoms with Crippen LogP contribution in [0.1, 0.15) is 12.8 Å². The molecule has 0 saturated carbocycles. The van der Waals surface area contributed by atoms with Gasteiger partial charge < -0.3 is 10.6 Å². The number of anilines is 1. The quantitative estimate of drug-likeness (QED) is 0.826. The SMILES string of the molecule is O=C(Nc1ccc(Cl)cn1)[C@H]1CCCNC1. The van der Waals surface area contributed by atoms with Crippen LogP contribution in [0, 0.1) is 5.92 Å². The average Bonchev–Trinajstić information content (AvgIpc) is 2.33. The highest BCUT2D eigenvalue weighted by Crippen LogP contribution is 2.14. The molecule has 0 bridgehead atoms. The number of piperidine rings is 1. The summed E-state index contributed by atoms with van der Waals surface area (Å²) in [5.41, 5.74) is 0. The highest BCUT2D eigenvalue weighted by atomic mass is 35.5. The topological polar surface area (TPSA) is 54.0 Å². The van der Waals surface area contributed by atoms with Crippen LogP contribution in [0.3, 0.4) is 0 Å². The third kappa shape index (κ3) is 2.93. The van der Waals surface area contributed by atoms with Crippen LogP contribution in [0.5, 0.6) is 0 Å². The molecule has 2 rings (SSSR count). The summed E-state index contributed by atoms with van der Waals surface area (Å²) in [7, 11) is 0. The first-order chi connectivity index (χ1) is 7.75. The molecule has 1 atom stereocenters. The summed E-state index contributed by atoms with van der Waals surface area (Å²) < 4.78 is 0. The van der Waals surface area contributed by atoms with Crippen molar-refractivity contribution in [2.24, 2.45) is 5.92 Å². The summed E-state index contributed by atoms with van der Waals surface area (Å²) in [5, 5.41) is 6.57. The van der Waals surface area contributed by atoms with Gasteiger partial charge in [0.15, 0.2) is 0 Å². The monoisotopic (exact) mass is 239 g/mol. The minimum Gasteiger partial charge on any atom is -0.316 e. The highest BCUT2D eigenvalue weighted by Gasteiger charge is 2.20. The predicted octanol–water partition coefficient (Wildman–Crippen LogP) is 1.67. The molecular weight excluding hydrogens is 226 g/mol. The van der Waals surface area contributed by atoms with Crippen LogP contribution in [-0.4, -0.2) is 24.0 Å². The van der Waals surface area contributed by atoms with Crippen LogP contribution < -0.4 is 10.6 Å². The van der Waals surface area contributed by atoms with E-state index in [1.165, 1.54) is 6.20 Å². The molecule has 1 fully saturated rings.